The number of aliphatic hydroxyl groups is 1. The average molecular weight is 401 g/mol. The second-order valence-electron chi connectivity index (χ2n) is 7.23. The fourth-order valence-electron chi connectivity index (χ4n) is 3.08. The minimum Gasteiger partial charge on any atom is -0.389 e. The van der Waals surface area contributed by atoms with Crippen molar-refractivity contribution in [1.82, 2.24) is 19.1 Å². The maximum absolute atomic E-state index is 12.5. The van der Waals surface area contributed by atoms with Gasteiger partial charge in [-0.2, -0.15) is 4.98 Å². The highest BCUT2D eigenvalue weighted by molar-refractivity contribution is 5.74. The lowest BCUT2D eigenvalue weighted by molar-refractivity contribution is -0.000106. The molecule has 3 rings (SSSR count). The quantitative estimate of drug-likeness (QED) is 0.490. The highest BCUT2D eigenvalue weighted by atomic mass is 16.5. The minimum absolute atomic E-state index is 0.0168. The van der Waals surface area contributed by atoms with Crippen LogP contribution in [0.1, 0.15) is 19.4 Å². The fourth-order valence-corrected chi connectivity index (χ4v) is 3.08. The van der Waals surface area contributed by atoms with Gasteiger partial charge in [-0.25, -0.2) is 4.79 Å². The fraction of sp³-hybridized carbons (Fsp3) is 0.450. The summed E-state index contributed by atoms with van der Waals surface area (Å²) in [6, 6.07) is 9.98. The van der Waals surface area contributed by atoms with Gasteiger partial charge in [0.1, 0.15) is 0 Å². The Morgan fingerprint density at radius 1 is 1.24 bits per heavy atom. The van der Waals surface area contributed by atoms with E-state index < -0.39 is 17.4 Å². The molecule has 0 aliphatic rings. The van der Waals surface area contributed by atoms with Crippen LogP contribution in [-0.4, -0.2) is 49.6 Å². The molecular weight excluding hydrogens is 374 g/mol. The van der Waals surface area contributed by atoms with E-state index in [0.717, 1.165) is 6.42 Å². The van der Waals surface area contributed by atoms with Crippen LogP contribution in [0.25, 0.3) is 11.2 Å². The van der Waals surface area contributed by atoms with Crippen molar-refractivity contribution in [2.75, 3.05) is 18.5 Å². The lowest BCUT2D eigenvalue weighted by Gasteiger charge is -2.16. The van der Waals surface area contributed by atoms with Crippen molar-refractivity contribution in [3.63, 3.8) is 0 Å². The van der Waals surface area contributed by atoms with Crippen molar-refractivity contribution in [2.24, 2.45) is 7.05 Å². The molecule has 156 valence electrons. The Morgan fingerprint density at radius 3 is 2.66 bits per heavy atom. The normalized spacial score (nSPS) is 12.6. The number of nitrogens with one attached hydrogen (secondary N) is 2. The van der Waals surface area contributed by atoms with Gasteiger partial charge in [-0.3, -0.25) is 14.3 Å². The molecule has 2 aromatic heterocycles. The molecule has 0 aliphatic heterocycles. The molecule has 0 amide bonds. The Hall–Kier alpha value is -2.91. The number of H-pyrrole nitrogens is 1. The molecule has 0 fully saturated rings. The minimum atomic E-state index is -0.832. The summed E-state index contributed by atoms with van der Waals surface area (Å²) in [5.74, 6) is 0.422. The lowest BCUT2D eigenvalue weighted by atomic mass is 10.1. The molecule has 0 bridgehead atoms. The Bertz CT molecular complexity index is 1070. The third kappa shape index (κ3) is 4.93. The molecule has 9 heteroatoms. The molecule has 3 aromatic rings. The van der Waals surface area contributed by atoms with Crippen LogP contribution in [0.15, 0.2) is 39.9 Å². The van der Waals surface area contributed by atoms with Crippen molar-refractivity contribution in [3.05, 3.63) is 56.7 Å². The number of aromatic amines is 1. The number of aromatic nitrogens is 4. The third-order valence-corrected chi connectivity index (χ3v) is 4.56. The third-order valence-electron chi connectivity index (χ3n) is 4.56. The van der Waals surface area contributed by atoms with Gasteiger partial charge >= 0.3 is 5.69 Å². The first kappa shape index (κ1) is 20.8. The molecule has 0 saturated carbocycles. The number of ether oxygens (including phenoxy) is 1. The van der Waals surface area contributed by atoms with Gasteiger partial charge in [0.05, 0.1) is 25.4 Å². The SMILES string of the molecule is CC(C)OCC(O)Cn1c(NCCc2ccccc2)nc2c1c(=O)[nH]c(=O)n2C. The summed E-state index contributed by atoms with van der Waals surface area (Å²) in [4.78, 5) is 31.1. The molecular formula is C20H27N5O4. The van der Waals surface area contributed by atoms with Gasteiger partial charge in [0.25, 0.3) is 5.56 Å². The molecule has 1 unspecified atom stereocenters. The molecule has 0 saturated heterocycles. The predicted octanol–water partition coefficient (Wildman–Crippen LogP) is 0.864. The van der Waals surface area contributed by atoms with Crippen molar-refractivity contribution < 1.29 is 9.84 Å². The highest BCUT2D eigenvalue weighted by Gasteiger charge is 2.19. The van der Waals surface area contributed by atoms with Crippen LogP contribution in [0.2, 0.25) is 0 Å². The van der Waals surface area contributed by atoms with Crippen LogP contribution < -0.4 is 16.6 Å². The summed E-state index contributed by atoms with van der Waals surface area (Å²) in [7, 11) is 1.55. The predicted molar refractivity (Wildman–Crippen MR) is 111 cm³/mol. The van der Waals surface area contributed by atoms with E-state index in [-0.39, 0.29) is 30.4 Å². The van der Waals surface area contributed by atoms with Gasteiger partial charge in [0, 0.05) is 13.6 Å². The number of aryl methyl sites for hydroxylation is 1. The summed E-state index contributed by atoms with van der Waals surface area (Å²) in [5, 5.41) is 13.6. The topological polar surface area (TPSA) is 114 Å². The summed E-state index contributed by atoms with van der Waals surface area (Å²) in [5.41, 5.74) is 0.587. The standard InChI is InChI=1S/C20H27N5O4/c1-13(2)29-12-15(26)11-25-16-17(24(3)20(28)23-18(16)27)22-19(25)21-10-9-14-7-5-4-6-8-14/h4-8,13,15,26H,9-12H2,1-3H3,(H,21,22)(H,23,27,28). The second kappa shape index (κ2) is 9.06. The van der Waals surface area contributed by atoms with Crippen molar-refractivity contribution >= 4 is 17.1 Å². The maximum Gasteiger partial charge on any atom is 0.329 e. The zero-order chi connectivity index (χ0) is 21.0. The smallest absolute Gasteiger partial charge is 0.329 e. The van der Waals surface area contributed by atoms with Gasteiger partial charge in [-0.15, -0.1) is 0 Å². The lowest BCUT2D eigenvalue weighted by Crippen LogP contribution is -2.31. The van der Waals surface area contributed by atoms with Crippen LogP contribution in [0.4, 0.5) is 5.95 Å². The molecule has 0 aliphatic carbocycles. The van der Waals surface area contributed by atoms with Gasteiger partial charge < -0.3 is 19.7 Å². The first-order valence-corrected chi connectivity index (χ1v) is 9.63. The Kier molecular flexibility index (Phi) is 6.50. The molecule has 3 N–H and O–H groups in total. The van der Waals surface area contributed by atoms with Gasteiger partial charge in [-0.1, -0.05) is 30.3 Å². The first-order chi connectivity index (χ1) is 13.9. The van der Waals surface area contributed by atoms with E-state index in [0.29, 0.717) is 12.5 Å². The Labute approximate surface area is 168 Å². The summed E-state index contributed by atoms with van der Waals surface area (Å²) in [6.45, 7) is 4.59. The van der Waals surface area contributed by atoms with Gasteiger partial charge in [-0.05, 0) is 25.8 Å². The maximum atomic E-state index is 12.5. The van der Waals surface area contributed by atoms with Gasteiger partial charge in [0.2, 0.25) is 5.95 Å². The summed E-state index contributed by atoms with van der Waals surface area (Å²) in [6.07, 6.45) is -0.0868. The molecule has 9 nitrogen and oxygen atoms in total. The number of aliphatic hydroxyl groups excluding tert-OH is 1. The van der Waals surface area contributed by atoms with E-state index >= 15 is 0 Å². The zero-order valence-electron chi connectivity index (χ0n) is 16.9. The molecule has 1 aromatic carbocycles. The molecule has 29 heavy (non-hydrogen) atoms. The van der Waals surface area contributed by atoms with Crippen LogP contribution in [0.3, 0.4) is 0 Å². The Morgan fingerprint density at radius 2 is 1.97 bits per heavy atom. The van der Waals surface area contributed by atoms with E-state index in [9.17, 15) is 14.7 Å². The first-order valence-electron chi connectivity index (χ1n) is 9.63. The molecule has 0 radical (unpaired) electrons. The number of rotatable bonds is 9. The van der Waals surface area contributed by atoms with Crippen LogP contribution in [0.5, 0.6) is 0 Å². The van der Waals surface area contributed by atoms with Crippen molar-refractivity contribution in [1.29, 1.82) is 0 Å². The number of anilines is 1. The monoisotopic (exact) mass is 401 g/mol. The van der Waals surface area contributed by atoms with E-state index in [2.05, 4.69) is 15.3 Å². The average Bonchev–Trinajstić information content (AvgIpc) is 3.04. The number of hydrogen-bond acceptors (Lipinski definition) is 6. The van der Waals surface area contributed by atoms with E-state index in [4.69, 9.17) is 4.74 Å². The number of benzene rings is 1. The van der Waals surface area contributed by atoms with Crippen molar-refractivity contribution in [2.45, 2.75) is 39.0 Å². The molecule has 1 atom stereocenters. The zero-order valence-corrected chi connectivity index (χ0v) is 16.9. The summed E-state index contributed by atoms with van der Waals surface area (Å²) < 4.78 is 8.36. The molecule has 0 spiro atoms. The molecule has 2 heterocycles. The van der Waals surface area contributed by atoms with Crippen LogP contribution in [-0.2, 0) is 24.8 Å². The largest absolute Gasteiger partial charge is 0.389 e. The van der Waals surface area contributed by atoms with Crippen LogP contribution >= 0.6 is 0 Å². The van der Waals surface area contributed by atoms with E-state index in [1.54, 1.807) is 11.6 Å². The van der Waals surface area contributed by atoms with Crippen LogP contribution in [0, 0.1) is 0 Å². The number of hydrogen-bond donors (Lipinski definition) is 3. The number of fused-ring (bicyclic) bond motifs is 1. The Balaban J connectivity index is 1.90. The summed E-state index contributed by atoms with van der Waals surface area (Å²) >= 11 is 0. The number of imidazole rings is 1. The van der Waals surface area contributed by atoms with Crippen molar-refractivity contribution in [3.8, 4) is 0 Å². The van der Waals surface area contributed by atoms with E-state index in [1.807, 2.05) is 44.2 Å². The second-order valence-corrected chi connectivity index (χ2v) is 7.23. The van der Waals surface area contributed by atoms with Gasteiger partial charge in [0.15, 0.2) is 11.2 Å². The van der Waals surface area contributed by atoms with E-state index in [1.165, 1.54) is 10.1 Å². The number of nitrogens with zero attached hydrogens (tertiary/aromatic N) is 3. The highest BCUT2D eigenvalue weighted by Crippen LogP contribution is 2.16.